The molecule has 8 atom stereocenters. The zero-order chi connectivity index (χ0) is 40.3. The molecule has 1 aromatic rings. The molecular weight excluding hydrogens is 738 g/mol. The normalized spacial score (nSPS) is 31.2. The molecule has 2 N–H and O–H groups in total. The van der Waals surface area contributed by atoms with Crippen LogP contribution >= 0.6 is 24.2 Å². The molecule has 3 heterocycles. The molecule has 1 aromatic carbocycles. The Morgan fingerprint density at radius 3 is 2.57 bits per heavy atom. The number of methoxy groups -OCH3 is 2. The Morgan fingerprint density at radius 2 is 1.94 bits per heavy atom. The number of ether oxygens (including phenoxy) is 5. The number of carbonyl (C=O) groups excluding carboxylic acids is 4. The third-order valence-electron chi connectivity index (χ3n) is 10.8. The SMILES string of the molecule is COCC1/C=C/C=C(\C)Cc2cc(OC)c(Cl)c(c2)N(C)C(=O)CC(OC(=O)C(C)N(C)C(=O)CCC(C)(C)S)C2(C)OC2C(C)C2CC1(O)NC(=O)O2. The van der Waals surface area contributed by atoms with Crippen LogP contribution in [0.15, 0.2) is 35.9 Å². The van der Waals surface area contributed by atoms with Crippen molar-refractivity contribution in [3.8, 4) is 5.75 Å². The van der Waals surface area contributed by atoms with Gasteiger partial charge in [-0.2, -0.15) is 12.6 Å². The summed E-state index contributed by atoms with van der Waals surface area (Å²) < 4.78 is 28.8. The van der Waals surface area contributed by atoms with E-state index in [0.717, 1.165) is 11.1 Å². The lowest BCUT2D eigenvalue weighted by molar-refractivity contribution is -0.162. The standard InChI is InChI=1S/C39H56ClN3O10S/c1-22-12-11-13-26(21-49-9)39(48)20-29(51-36(47)41-39)23(2)34-38(6,53-34)30(52-35(46)24(3)42(7)31(44)14-15-37(4,5)54)19-32(45)43(8)27-17-25(16-22)18-28(50-10)33(27)40/h11-13,17-18,23-24,26,29-30,34,48,54H,14-16,19-21H2,1-10H3,(H,41,47)/b13-11+,22-12+. The summed E-state index contributed by atoms with van der Waals surface area (Å²) >= 11 is 11.3. The summed E-state index contributed by atoms with van der Waals surface area (Å²) in [5, 5.41) is 14.7. The molecule has 0 spiro atoms. The van der Waals surface area contributed by atoms with Crippen molar-refractivity contribution in [2.75, 3.05) is 39.8 Å². The van der Waals surface area contributed by atoms with Gasteiger partial charge in [-0.15, -0.1) is 0 Å². The van der Waals surface area contributed by atoms with Gasteiger partial charge in [-0.3, -0.25) is 14.9 Å². The third kappa shape index (κ3) is 10.1. The minimum absolute atomic E-state index is 0.000190. The van der Waals surface area contributed by atoms with E-state index in [4.69, 9.17) is 35.3 Å². The molecule has 8 unspecified atom stereocenters. The number of aliphatic hydroxyl groups is 1. The summed E-state index contributed by atoms with van der Waals surface area (Å²) in [6.07, 6.45) is 2.92. The number of anilines is 1. The maximum atomic E-state index is 14.2. The highest BCUT2D eigenvalue weighted by Crippen LogP contribution is 2.49. The van der Waals surface area contributed by atoms with E-state index in [9.17, 15) is 24.3 Å². The van der Waals surface area contributed by atoms with Gasteiger partial charge in [-0.25, -0.2) is 9.59 Å². The number of benzene rings is 1. The van der Waals surface area contributed by atoms with Crippen LogP contribution in [0.4, 0.5) is 10.5 Å². The largest absolute Gasteiger partial charge is 0.495 e. The van der Waals surface area contributed by atoms with E-state index >= 15 is 0 Å². The van der Waals surface area contributed by atoms with Crippen molar-refractivity contribution in [3.63, 3.8) is 0 Å². The lowest BCUT2D eigenvalue weighted by atomic mass is 9.81. The number of esters is 1. The molecule has 3 amide bonds. The minimum Gasteiger partial charge on any atom is -0.495 e. The van der Waals surface area contributed by atoms with Crippen molar-refractivity contribution >= 4 is 53.8 Å². The summed E-state index contributed by atoms with van der Waals surface area (Å²) in [4.78, 5) is 56.7. The van der Waals surface area contributed by atoms with Crippen LogP contribution in [0.25, 0.3) is 0 Å². The first-order valence-corrected chi connectivity index (χ1v) is 19.0. The van der Waals surface area contributed by atoms with Crippen LogP contribution in [-0.4, -0.2) is 109 Å². The van der Waals surface area contributed by atoms with Gasteiger partial charge in [0.15, 0.2) is 5.72 Å². The Labute approximate surface area is 329 Å². The molecule has 15 heteroatoms. The van der Waals surface area contributed by atoms with Crippen molar-refractivity contribution < 1.29 is 48.0 Å². The highest BCUT2D eigenvalue weighted by molar-refractivity contribution is 7.81. The number of rotatable bonds is 9. The first-order chi connectivity index (χ1) is 25.1. The van der Waals surface area contributed by atoms with Gasteiger partial charge in [0.25, 0.3) is 0 Å². The first kappa shape index (κ1) is 43.4. The predicted molar refractivity (Wildman–Crippen MR) is 208 cm³/mol. The Bertz CT molecular complexity index is 1650. The van der Waals surface area contributed by atoms with Gasteiger partial charge in [-0.1, -0.05) is 56.2 Å². The van der Waals surface area contributed by atoms with Crippen LogP contribution in [0.2, 0.25) is 5.02 Å². The highest BCUT2D eigenvalue weighted by Gasteiger charge is 2.64. The molecule has 2 saturated heterocycles. The summed E-state index contributed by atoms with van der Waals surface area (Å²) in [6.45, 7) is 11.0. The molecule has 0 aliphatic carbocycles. The second-order valence-corrected chi connectivity index (χ2v) is 17.2. The Hall–Kier alpha value is -3.30. The lowest BCUT2D eigenvalue weighted by Gasteiger charge is -2.42. The fraction of sp³-hybridized carbons (Fsp3) is 0.641. The molecular formula is C39H56ClN3O10S. The summed E-state index contributed by atoms with van der Waals surface area (Å²) in [6, 6.07) is 2.62. The van der Waals surface area contributed by atoms with Crippen molar-refractivity contribution in [3.05, 3.63) is 46.5 Å². The molecule has 3 aliphatic rings. The van der Waals surface area contributed by atoms with Gasteiger partial charge in [0, 0.05) is 50.6 Å². The number of hydrogen-bond acceptors (Lipinski definition) is 11. The molecule has 0 aromatic heterocycles. The number of carbonyl (C=O) groups is 4. The molecule has 13 nitrogen and oxygen atoms in total. The molecule has 0 radical (unpaired) electrons. The predicted octanol–water partition coefficient (Wildman–Crippen LogP) is 5.25. The molecule has 4 bridgehead atoms. The quantitative estimate of drug-likeness (QED) is 0.172. The maximum Gasteiger partial charge on any atom is 0.409 e. The minimum atomic E-state index is -1.73. The number of halogens is 1. The van der Waals surface area contributed by atoms with Crippen LogP contribution in [-0.2, 0) is 39.8 Å². The lowest BCUT2D eigenvalue weighted by Crippen LogP contribution is -2.62. The van der Waals surface area contributed by atoms with E-state index in [-0.39, 0.29) is 41.5 Å². The molecule has 0 saturated carbocycles. The number of nitrogens with zero attached hydrogens (tertiary/aromatic N) is 2. The number of likely N-dealkylation sites (N-methyl/N-ethyl adjacent to an activating group) is 1. The molecule has 54 heavy (non-hydrogen) atoms. The maximum absolute atomic E-state index is 14.2. The van der Waals surface area contributed by atoms with E-state index < -0.39 is 65.5 Å². The highest BCUT2D eigenvalue weighted by atomic mass is 35.5. The second-order valence-electron chi connectivity index (χ2n) is 15.6. The van der Waals surface area contributed by atoms with Gasteiger partial charge >= 0.3 is 12.1 Å². The molecule has 4 rings (SSSR count). The number of epoxide rings is 1. The van der Waals surface area contributed by atoms with Crippen LogP contribution < -0.4 is 15.0 Å². The van der Waals surface area contributed by atoms with Crippen LogP contribution in [0.1, 0.15) is 72.8 Å². The van der Waals surface area contributed by atoms with Gasteiger partial charge in [0.2, 0.25) is 11.8 Å². The Balaban J connectivity index is 1.75. The zero-order valence-corrected chi connectivity index (χ0v) is 34.6. The number of nitrogens with one attached hydrogen (secondary N) is 1. The Morgan fingerprint density at radius 1 is 1.26 bits per heavy atom. The van der Waals surface area contributed by atoms with E-state index in [1.54, 1.807) is 39.1 Å². The van der Waals surface area contributed by atoms with Crippen molar-refractivity contribution in [2.45, 2.75) is 114 Å². The molecule has 2 fully saturated rings. The Kier molecular flexibility index (Phi) is 13.9. The van der Waals surface area contributed by atoms with Gasteiger partial charge < -0.3 is 38.6 Å². The number of fused-ring (bicyclic) bond motifs is 5. The van der Waals surface area contributed by atoms with E-state index in [0.29, 0.717) is 24.3 Å². The van der Waals surface area contributed by atoms with E-state index in [1.807, 2.05) is 39.8 Å². The average Bonchev–Trinajstić information content (AvgIpc) is 3.80. The topological polar surface area (TPSA) is 156 Å². The van der Waals surface area contributed by atoms with Crippen molar-refractivity contribution in [1.29, 1.82) is 0 Å². The first-order valence-electron chi connectivity index (χ1n) is 18.2. The number of alkyl carbamates (subject to hydrolysis) is 1. The van der Waals surface area contributed by atoms with Crippen molar-refractivity contribution in [2.24, 2.45) is 11.8 Å². The summed E-state index contributed by atoms with van der Waals surface area (Å²) in [5.74, 6) is -2.19. The van der Waals surface area contributed by atoms with Crippen LogP contribution in [0.5, 0.6) is 5.75 Å². The van der Waals surface area contributed by atoms with Crippen LogP contribution in [0, 0.1) is 11.8 Å². The van der Waals surface area contributed by atoms with E-state index in [2.05, 4.69) is 17.9 Å². The fourth-order valence-corrected chi connectivity index (χ4v) is 7.42. The average molecular weight is 794 g/mol. The van der Waals surface area contributed by atoms with Gasteiger partial charge in [0.05, 0.1) is 31.9 Å². The molecule has 300 valence electrons. The summed E-state index contributed by atoms with van der Waals surface area (Å²) in [7, 11) is 6.12. The van der Waals surface area contributed by atoms with E-state index in [1.165, 1.54) is 31.1 Å². The van der Waals surface area contributed by atoms with Gasteiger partial charge in [-0.05, 0) is 51.3 Å². The van der Waals surface area contributed by atoms with Gasteiger partial charge in [0.1, 0.15) is 34.6 Å². The monoisotopic (exact) mass is 793 g/mol. The number of thiol groups is 1. The fourth-order valence-electron chi connectivity index (χ4n) is 7.00. The zero-order valence-electron chi connectivity index (χ0n) is 32.9. The second kappa shape index (κ2) is 17.2. The van der Waals surface area contributed by atoms with Crippen molar-refractivity contribution in [1.82, 2.24) is 10.2 Å². The number of allylic oxidation sites excluding steroid dienone is 3. The smallest absolute Gasteiger partial charge is 0.409 e. The number of amides is 3. The third-order valence-corrected chi connectivity index (χ3v) is 11.4. The summed E-state index contributed by atoms with van der Waals surface area (Å²) in [5.41, 5.74) is -0.778. The molecule has 3 aliphatic heterocycles. The number of hydrogen-bond donors (Lipinski definition) is 3. The van der Waals surface area contributed by atoms with Crippen LogP contribution in [0.3, 0.4) is 0 Å².